The lowest BCUT2D eigenvalue weighted by Gasteiger charge is -2.12. The number of ether oxygens (including phenoxy) is 1. The molecule has 0 bridgehead atoms. The Morgan fingerprint density at radius 3 is 2.67 bits per heavy atom. The highest BCUT2D eigenvalue weighted by Gasteiger charge is 2.33. The van der Waals surface area contributed by atoms with E-state index in [1.165, 1.54) is 0 Å². The fourth-order valence-electron chi connectivity index (χ4n) is 1.55. The first-order valence-corrected chi connectivity index (χ1v) is 6.49. The molecule has 0 aromatic carbocycles. The molecule has 0 radical (unpaired) electrons. The molecule has 1 heterocycles. The Kier molecular flexibility index (Phi) is 6.41. The molecule has 1 rings (SSSR count). The summed E-state index contributed by atoms with van der Waals surface area (Å²) in [5.74, 6) is -1.62. The Bertz CT molecular complexity index is 478. The summed E-state index contributed by atoms with van der Waals surface area (Å²) in [5, 5.41) is 11.6. The van der Waals surface area contributed by atoms with Crippen LogP contribution in [-0.2, 0) is 10.9 Å². The van der Waals surface area contributed by atoms with Crippen molar-refractivity contribution in [3.8, 4) is 0 Å². The normalized spacial score (nSPS) is 11.4. The number of nitrogens with zero attached hydrogens (tertiary/aromatic N) is 1. The van der Waals surface area contributed by atoms with Crippen LogP contribution in [0.25, 0.3) is 0 Å². The maximum absolute atomic E-state index is 12.6. The highest BCUT2D eigenvalue weighted by atomic mass is 19.4. The average Bonchev–Trinajstić information content (AvgIpc) is 2.41. The number of carboxylic acids is 1. The molecule has 2 N–H and O–H groups in total. The van der Waals surface area contributed by atoms with Crippen molar-refractivity contribution in [2.45, 2.75) is 25.9 Å². The first kappa shape index (κ1) is 17.2. The van der Waals surface area contributed by atoms with E-state index < -0.39 is 17.8 Å². The Morgan fingerprint density at radius 1 is 1.38 bits per heavy atom. The summed E-state index contributed by atoms with van der Waals surface area (Å²) in [4.78, 5) is 14.3. The first-order valence-electron chi connectivity index (χ1n) is 6.49. The zero-order chi connectivity index (χ0) is 15.9. The van der Waals surface area contributed by atoms with Gasteiger partial charge in [0.05, 0.1) is 0 Å². The number of hydrogen-bond donors (Lipinski definition) is 2. The smallest absolute Gasteiger partial charge is 0.433 e. The molecule has 0 aliphatic heterocycles. The third-order valence-electron chi connectivity index (χ3n) is 2.52. The molecular weight excluding hydrogens is 289 g/mol. The second-order valence-electron chi connectivity index (χ2n) is 4.29. The van der Waals surface area contributed by atoms with Gasteiger partial charge in [-0.2, -0.15) is 13.2 Å². The Morgan fingerprint density at radius 2 is 2.10 bits per heavy atom. The second kappa shape index (κ2) is 7.82. The molecule has 0 amide bonds. The van der Waals surface area contributed by atoms with Crippen LogP contribution in [0.5, 0.6) is 0 Å². The van der Waals surface area contributed by atoms with Crippen molar-refractivity contribution in [3.63, 3.8) is 0 Å². The average molecular weight is 306 g/mol. The van der Waals surface area contributed by atoms with Crippen LogP contribution in [0.3, 0.4) is 0 Å². The molecule has 118 valence electrons. The molecule has 0 atom stereocenters. The molecule has 0 saturated carbocycles. The van der Waals surface area contributed by atoms with E-state index >= 15 is 0 Å². The van der Waals surface area contributed by atoms with E-state index in [9.17, 15) is 18.0 Å². The largest absolute Gasteiger partial charge is 0.478 e. The molecule has 0 saturated heterocycles. The van der Waals surface area contributed by atoms with Gasteiger partial charge in [-0.05, 0) is 25.0 Å². The van der Waals surface area contributed by atoms with E-state index in [4.69, 9.17) is 9.84 Å². The van der Waals surface area contributed by atoms with Gasteiger partial charge in [-0.25, -0.2) is 9.78 Å². The molecule has 8 heteroatoms. The van der Waals surface area contributed by atoms with Crippen LogP contribution in [-0.4, -0.2) is 35.8 Å². The van der Waals surface area contributed by atoms with Crippen molar-refractivity contribution >= 4 is 11.8 Å². The Labute approximate surface area is 120 Å². The van der Waals surface area contributed by atoms with Gasteiger partial charge in [0.15, 0.2) is 0 Å². The van der Waals surface area contributed by atoms with Crippen LogP contribution in [0.4, 0.5) is 19.0 Å². The third kappa shape index (κ3) is 5.58. The molecule has 1 aromatic heterocycles. The summed E-state index contributed by atoms with van der Waals surface area (Å²) < 4.78 is 42.9. The van der Waals surface area contributed by atoms with Crippen molar-refractivity contribution in [2.75, 3.05) is 25.1 Å². The Hall–Kier alpha value is -1.83. The number of pyridine rings is 1. The fourth-order valence-corrected chi connectivity index (χ4v) is 1.55. The van der Waals surface area contributed by atoms with Crippen molar-refractivity contribution in [1.82, 2.24) is 4.98 Å². The van der Waals surface area contributed by atoms with Crippen molar-refractivity contribution in [2.24, 2.45) is 0 Å². The molecule has 0 aliphatic carbocycles. The maximum Gasteiger partial charge on any atom is 0.433 e. The summed E-state index contributed by atoms with van der Waals surface area (Å²) >= 11 is 0. The van der Waals surface area contributed by atoms with Gasteiger partial charge >= 0.3 is 12.1 Å². The number of aromatic carboxylic acids is 1. The summed E-state index contributed by atoms with van der Waals surface area (Å²) in [6, 6.07) is 1.55. The minimum absolute atomic E-state index is 0.276. The molecule has 1 aromatic rings. The lowest BCUT2D eigenvalue weighted by Crippen LogP contribution is -2.15. The molecule has 0 aliphatic rings. The van der Waals surface area contributed by atoms with E-state index in [-0.39, 0.29) is 17.9 Å². The van der Waals surface area contributed by atoms with E-state index in [2.05, 4.69) is 10.3 Å². The third-order valence-corrected chi connectivity index (χ3v) is 2.52. The molecule has 0 fully saturated rings. The van der Waals surface area contributed by atoms with Crippen LogP contribution in [0.15, 0.2) is 12.1 Å². The minimum Gasteiger partial charge on any atom is -0.478 e. The Balaban J connectivity index is 2.71. The lowest BCUT2D eigenvalue weighted by atomic mass is 10.2. The summed E-state index contributed by atoms with van der Waals surface area (Å²) in [7, 11) is 0. The molecular formula is C13H17F3N2O3. The summed E-state index contributed by atoms with van der Waals surface area (Å²) in [6.45, 7) is 3.30. The number of rotatable bonds is 8. The number of nitrogens with one attached hydrogen (secondary N) is 1. The number of carboxylic acid groups (broad SMARTS) is 1. The summed E-state index contributed by atoms with van der Waals surface area (Å²) in [6.07, 6.45) is -3.19. The van der Waals surface area contributed by atoms with Crippen molar-refractivity contribution in [3.05, 3.63) is 23.4 Å². The number of aromatic nitrogens is 1. The van der Waals surface area contributed by atoms with Gasteiger partial charge in [0.2, 0.25) is 0 Å². The van der Waals surface area contributed by atoms with Crippen molar-refractivity contribution < 1.29 is 27.8 Å². The van der Waals surface area contributed by atoms with Crippen LogP contribution in [0.1, 0.15) is 35.8 Å². The van der Waals surface area contributed by atoms with Crippen LogP contribution >= 0.6 is 0 Å². The zero-order valence-electron chi connectivity index (χ0n) is 11.5. The predicted molar refractivity (Wildman–Crippen MR) is 70.4 cm³/mol. The maximum atomic E-state index is 12.6. The predicted octanol–water partition coefficient (Wildman–Crippen LogP) is 3.03. The fraction of sp³-hybridized carbons (Fsp3) is 0.538. The van der Waals surface area contributed by atoms with Gasteiger partial charge in [-0.3, -0.25) is 0 Å². The standard InChI is InChI=1S/C13H17F3N2O3/c1-2-7-21-8-3-6-17-11-9(12(19)20)4-5-10(18-11)13(14,15)16/h4-5H,2-3,6-8H2,1H3,(H,17,18)(H,19,20). The minimum atomic E-state index is -4.61. The number of hydrogen-bond acceptors (Lipinski definition) is 4. The van der Waals surface area contributed by atoms with E-state index in [0.717, 1.165) is 12.5 Å². The quantitative estimate of drug-likeness (QED) is 0.722. The first-order chi connectivity index (χ1) is 9.86. The number of alkyl halides is 3. The second-order valence-corrected chi connectivity index (χ2v) is 4.29. The molecule has 0 spiro atoms. The molecule has 21 heavy (non-hydrogen) atoms. The van der Waals surface area contributed by atoms with Crippen molar-refractivity contribution in [1.29, 1.82) is 0 Å². The highest BCUT2D eigenvalue weighted by molar-refractivity contribution is 5.93. The number of carbonyl (C=O) groups is 1. The van der Waals surface area contributed by atoms with Crippen LogP contribution < -0.4 is 5.32 Å². The molecule has 0 unspecified atom stereocenters. The monoisotopic (exact) mass is 306 g/mol. The van der Waals surface area contributed by atoms with Crippen LogP contribution in [0, 0.1) is 0 Å². The van der Waals surface area contributed by atoms with Gasteiger partial charge < -0.3 is 15.2 Å². The van der Waals surface area contributed by atoms with Gasteiger partial charge in [-0.1, -0.05) is 6.92 Å². The van der Waals surface area contributed by atoms with Gasteiger partial charge in [0, 0.05) is 19.8 Å². The van der Waals surface area contributed by atoms with Gasteiger partial charge in [-0.15, -0.1) is 0 Å². The molecule has 5 nitrogen and oxygen atoms in total. The summed E-state index contributed by atoms with van der Waals surface area (Å²) in [5.41, 5.74) is -1.42. The highest BCUT2D eigenvalue weighted by Crippen LogP contribution is 2.29. The SMILES string of the molecule is CCCOCCCNc1nc(C(F)(F)F)ccc1C(=O)O. The van der Waals surface area contributed by atoms with E-state index in [1.54, 1.807) is 0 Å². The van der Waals surface area contributed by atoms with Gasteiger partial charge in [0.25, 0.3) is 0 Å². The topological polar surface area (TPSA) is 71.5 Å². The van der Waals surface area contributed by atoms with E-state index in [1.807, 2.05) is 6.92 Å². The number of anilines is 1. The van der Waals surface area contributed by atoms with Crippen LogP contribution in [0.2, 0.25) is 0 Å². The zero-order valence-corrected chi connectivity index (χ0v) is 11.5. The van der Waals surface area contributed by atoms with E-state index in [0.29, 0.717) is 25.7 Å². The lowest BCUT2D eigenvalue weighted by molar-refractivity contribution is -0.141. The van der Waals surface area contributed by atoms with Gasteiger partial charge in [0.1, 0.15) is 17.1 Å². The number of halogens is 3.